The highest BCUT2D eigenvalue weighted by Gasteiger charge is 2.08. The van der Waals surface area contributed by atoms with E-state index in [1.165, 1.54) is 7.11 Å². The van der Waals surface area contributed by atoms with Crippen LogP contribution in [0.4, 0.5) is 0 Å². The van der Waals surface area contributed by atoms with E-state index >= 15 is 0 Å². The van der Waals surface area contributed by atoms with Crippen LogP contribution in [0.2, 0.25) is 0 Å². The van der Waals surface area contributed by atoms with Crippen molar-refractivity contribution in [2.45, 2.75) is 0 Å². The number of aromatic nitrogens is 1. The molecule has 17 heavy (non-hydrogen) atoms. The predicted molar refractivity (Wildman–Crippen MR) is 68.7 cm³/mol. The molecule has 0 aliphatic rings. The molecule has 0 N–H and O–H groups in total. The minimum atomic E-state index is -0.427. The third kappa shape index (κ3) is 2.53. The first-order valence-electron chi connectivity index (χ1n) is 5.01. The van der Waals surface area contributed by atoms with Crippen molar-refractivity contribution in [3.8, 4) is 11.1 Å². The van der Waals surface area contributed by atoms with Crippen molar-refractivity contribution < 1.29 is 9.53 Å². The molecule has 4 heteroatoms. The van der Waals surface area contributed by atoms with Crippen molar-refractivity contribution in [1.29, 1.82) is 0 Å². The van der Waals surface area contributed by atoms with Crippen molar-refractivity contribution in [2.24, 2.45) is 0 Å². The van der Waals surface area contributed by atoms with Crippen molar-refractivity contribution in [2.75, 3.05) is 7.11 Å². The topological polar surface area (TPSA) is 39.2 Å². The van der Waals surface area contributed by atoms with Gasteiger partial charge >= 0.3 is 5.97 Å². The fourth-order valence-electron chi connectivity index (χ4n) is 1.47. The molecule has 2 rings (SSSR count). The zero-order valence-electron chi connectivity index (χ0n) is 9.18. The molecule has 0 aliphatic heterocycles. The van der Waals surface area contributed by atoms with Crippen LogP contribution >= 0.6 is 15.9 Å². The second-order valence-electron chi connectivity index (χ2n) is 3.40. The summed E-state index contributed by atoms with van der Waals surface area (Å²) in [4.78, 5) is 15.3. The van der Waals surface area contributed by atoms with Crippen LogP contribution in [-0.2, 0) is 4.74 Å². The minimum Gasteiger partial charge on any atom is -0.464 e. The van der Waals surface area contributed by atoms with Crippen molar-refractivity contribution >= 4 is 21.9 Å². The SMILES string of the molecule is COC(=O)c1ccc(-c2ccccc2Br)cn1. The standard InChI is InChI=1S/C13H10BrNO2/c1-17-13(16)12-7-6-9(8-15-12)10-4-2-3-5-11(10)14/h2-8H,1H3. The highest BCUT2D eigenvalue weighted by atomic mass is 79.9. The highest BCUT2D eigenvalue weighted by molar-refractivity contribution is 9.10. The Bertz CT molecular complexity index is 537. The normalized spacial score (nSPS) is 10.0. The van der Waals surface area contributed by atoms with Gasteiger partial charge in [-0.25, -0.2) is 9.78 Å². The first-order valence-corrected chi connectivity index (χ1v) is 5.81. The van der Waals surface area contributed by atoms with E-state index in [1.54, 1.807) is 12.3 Å². The molecular weight excluding hydrogens is 282 g/mol. The zero-order valence-corrected chi connectivity index (χ0v) is 10.8. The van der Waals surface area contributed by atoms with E-state index in [-0.39, 0.29) is 0 Å². The number of hydrogen-bond donors (Lipinski definition) is 0. The lowest BCUT2D eigenvalue weighted by molar-refractivity contribution is 0.0594. The number of carbonyl (C=O) groups is 1. The number of carbonyl (C=O) groups excluding carboxylic acids is 1. The first kappa shape index (κ1) is 11.8. The molecule has 0 fully saturated rings. The Hall–Kier alpha value is -1.68. The lowest BCUT2D eigenvalue weighted by atomic mass is 10.1. The van der Waals surface area contributed by atoms with Crippen LogP contribution < -0.4 is 0 Å². The smallest absolute Gasteiger partial charge is 0.356 e. The molecule has 1 heterocycles. The van der Waals surface area contributed by atoms with Gasteiger partial charge in [0, 0.05) is 16.2 Å². The van der Waals surface area contributed by atoms with E-state index in [9.17, 15) is 4.79 Å². The van der Waals surface area contributed by atoms with Crippen LogP contribution in [0.1, 0.15) is 10.5 Å². The molecule has 1 aromatic heterocycles. The zero-order chi connectivity index (χ0) is 12.3. The third-order valence-corrected chi connectivity index (χ3v) is 3.03. The first-order chi connectivity index (χ1) is 8.22. The van der Waals surface area contributed by atoms with E-state index in [4.69, 9.17) is 0 Å². The number of rotatable bonds is 2. The van der Waals surface area contributed by atoms with Gasteiger partial charge in [0.2, 0.25) is 0 Å². The molecule has 1 aromatic carbocycles. The van der Waals surface area contributed by atoms with Crippen LogP contribution in [0.3, 0.4) is 0 Å². The van der Waals surface area contributed by atoms with Crippen molar-refractivity contribution in [3.63, 3.8) is 0 Å². The molecule has 0 amide bonds. The quantitative estimate of drug-likeness (QED) is 0.797. The van der Waals surface area contributed by atoms with Crippen molar-refractivity contribution in [3.05, 3.63) is 52.8 Å². The fourth-order valence-corrected chi connectivity index (χ4v) is 1.99. The molecule has 3 nitrogen and oxygen atoms in total. The second-order valence-corrected chi connectivity index (χ2v) is 4.26. The number of nitrogens with zero attached hydrogens (tertiary/aromatic N) is 1. The Morgan fingerprint density at radius 3 is 2.59 bits per heavy atom. The van der Waals surface area contributed by atoms with Crippen LogP contribution in [0.5, 0.6) is 0 Å². The van der Waals surface area contributed by atoms with Crippen LogP contribution in [0.15, 0.2) is 47.1 Å². The van der Waals surface area contributed by atoms with Crippen LogP contribution in [0, 0.1) is 0 Å². The Morgan fingerprint density at radius 1 is 1.24 bits per heavy atom. The molecule has 0 spiro atoms. The summed E-state index contributed by atoms with van der Waals surface area (Å²) in [6.07, 6.45) is 1.66. The predicted octanol–water partition coefficient (Wildman–Crippen LogP) is 3.30. The summed E-state index contributed by atoms with van der Waals surface area (Å²) in [5, 5.41) is 0. The highest BCUT2D eigenvalue weighted by Crippen LogP contribution is 2.27. The lowest BCUT2D eigenvalue weighted by Gasteiger charge is -2.04. The molecular formula is C13H10BrNO2. The second kappa shape index (κ2) is 5.10. The Kier molecular flexibility index (Phi) is 3.54. The maximum Gasteiger partial charge on any atom is 0.356 e. The van der Waals surface area contributed by atoms with Gasteiger partial charge in [0.25, 0.3) is 0 Å². The van der Waals surface area contributed by atoms with Crippen molar-refractivity contribution in [1.82, 2.24) is 4.98 Å². The summed E-state index contributed by atoms with van der Waals surface area (Å²) in [5.41, 5.74) is 2.30. The Labute approximate surface area is 108 Å². The molecule has 0 radical (unpaired) electrons. The molecule has 86 valence electrons. The molecule has 0 aliphatic carbocycles. The number of halogens is 1. The average Bonchev–Trinajstić information content (AvgIpc) is 2.39. The maximum absolute atomic E-state index is 11.2. The molecule has 0 atom stereocenters. The van der Waals surface area contributed by atoms with Gasteiger partial charge in [-0.1, -0.05) is 40.2 Å². The molecule has 0 saturated carbocycles. The number of hydrogen-bond acceptors (Lipinski definition) is 3. The maximum atomic E-state index is 11.2. The molecule has 2 aromatic rings. The molecule has 0 unspecified atom stereocenters. The van der Waals surface area contributed by atoms with E-state index < -0.39 is 5.97 Å². The van der Waals surface area contributed by atoms with Gasteiger partial charge in [-0.15, -0.1) is 0 Å². The van der Waals surface area contributed by atoms with Gasteiger partial charge in [0.15, 0.2) is 0 Å². The Morgan fingerprint density at radius 2 is 2.00 bits per heavy atom. The number of pyridine rings is 1. The summed E-state index contributed by atoms with van der Waals surface area (Å²) in [6, 6.07) is 11.3. The van der Waals surface area contributed by atoms with E-state index in [2.05, 4.69) is 25.7 Å². The summed E-state index contributed by atoms with van der Waals surface area (Å²) < 4.78 is 5.59. The van der Waals surface area contributed by atoms with Gasteiger partial charge in [-0.2, -0.15) is 0 Å². The van der Waals surface area contributed by atoms with Gasteiger partial charge in [0.1, 0.15) is 5.69 Å². The summed E-state index contributed by atoms with van der Waals surface area (Å²) >= 11 is 3.47. The van der Waals surface area contributed by atoms with E-state index in [0.29, 0.717) is 5.69 Å². The van der Waals surface area contributed by atoms with Gasteiger partial charge in [-0.3, -0.25) is 0 Å². The summed E-state index contributed by atoms with van der Waals surface area (Å²) in [7, 11) is 1.34. The van der Waals surface area contributed by atoms with Gasteiger partial charge in [0.05, 0.1) is 7.11 Å². The summed E-state index contributed by atoms with van der Waals surface area (Å²) in [5.74, 6) is -0.427. The van der Waals surface area contributed by atoms with Crippen LogP contribution in [0.25, 0.3) is 11.1 Å². The van der Waals surface area contributed by atoms with Gasteiger partial charge < -0.3 is 4.74 Å². The van der Waals surface area contributed by atoms with E-state index in [0.717, 1.165) is 15.6 Å². The third-order valence-electron chi connectivity index (χ3n) is 2.34. The molecule has 0 saturated heterocycles. The monoisotopic (exact) mass is 291 g/mol. The van der Waals surface area contributed by atoms with E-state index in [1.807, 2.05) is 30.3 Å². The minimum absolute atomic E-state index is 0.309. The fraction of sp³-hybridized carbons (Fsp3) is 0.0769. The lowest BCUT2D eigenvalue weighted by Crippen LogP contribution is -2.03. The molecule has 0 bridgehead atoms. The summed E-state index contributed by atoms with van der Waals surface area (Å²) in [6.45, 7) is 0. The largest absolute Gasteiger partial charge is 0.464 e. The number of esters is 1. The number of benzene rings is 1. The Balaban J connectivity index is 2.36. The van der Waals surface area contributed by atoms with Crippen LogP contribution in [-0.4, -0.2) is 18.1 Å². The number of ether oxygens (including phenoxy) is 1. The average molecular weight is 292 g/mol. The number of methoxy groups -OCH3 is 1. The van der Waals surface area contributed by atoms with Gasteiger partial charge in [-0.05, 0) is 17.7 Å².